The summed E-state index contributed by atoms with van der Waals surface area (Å²) in [5.41, 5.74) is 0.670. The molecule has 2 atom stereocenters. The van der Waals surface area contributed by atoms with Gasteiger partial charge in [0.05, 0.1) is 6.61 Å². The van der Waals surface area contributed by atoms with Crippen molar-refractivity contribution in [2.75, 3.05) is 6.61 Å². The number of ketones is 1. The van der Waals surface area contributed by atoms with E-state index in [-0.39, 0.29) is 35.8 Å². The first-order valence-electron chi connectivity index (χ1n) is 7.05. The molecule has 0 radical (unpaired) electrons. The minimum absolute atomic E-state index is 0.0860. The van der Waals surface area contributed by atoms with Gasteiger partial charge in [-0.2, -0.15) is 0 Å². The Morgan fingerprint density at radius 1 is 1.45 bits per heavy atom. The Balaban J connectivity index is 2.20. The van der Waals surface area contributed by atoms with Crippen LogP contribution in [0.15, 0.2) is 24.3 Å². The molecule has 1 saturated carbocycles. The molecular weight excluding hydrogens is 259 g/mol. The number of hydrogen-bond donors (Lipinski definition) is 0. The van der Waals surface area contributed by atoms with Crippen molar-refractivity contribution in [1.82, 2.24) is 0 Å². The number of benzene rings is 1. The number of Topliss-reactive ketones (excluding diaryl/α,β-unsaturated/α-hetero) is 1. The van der Waals surface area contributed by atoms with Crippen molar-refractivity contribution in [3.05, 3.63) is 35.6 Å². The molecule has 3 nitrogen and oxygen atoms in total. The zero-order valence-electron chi connectivity index (χ0n) is 11.6. The summed E-state index contributed by atoms with van der Waals surface area (Å²) in [5.74, 6) is -1.01. The number of ether oxygens (including phenoxy) is 1. The third-order valence-corrected chi connectivity index (χ3v) is 3.76. The van der Waals surface area contributed by atoms with Crippen molar-refractivity contribution in [3.63, 3.8) is 0 Å². The predicted octanol–water partition coefficient (Wildman–Crippen LogP) is 3.23. The third kappa shape index (κ3) is 3.44. The highest BCUT2D eigenvalue weighted by Crippen LogP contribution is 2.37. The Labute approximate surface area is 118 Å². The van der Waals surface area contributed by atoms with Crippen LogP contribution in [0.3, 0.4) is 0 Å². The highest BCUT2D eigenvalue weighted by Gasteiger charge is 2.34. The summed E-state index contributed by atoms with van der Waals surface area (Å²) >= 11 is 0. The smallest absolute Gasteiger partial charge is 0.306 e. The van der Waals surface area contributed by atoms with Gasteiger partial charge in [0.1, 0.15) is 11.6 Å². The Morgan fingerprint density at radius 3 is 2.95 bits per heavy atom. The van der Waals surface area contributed by atoms with Gasteiger partial charge >= 0.3 is 5.97 Å². The number of hydrogen-bond acceptors (Lipinski definition) is 3. The van der Waals surface area contributed by atoms with Gasteiger partial charge < -0.3 is 4.74 Å². The van der Waals surface area contributed by atoms with E-state index in [0.29, 0.717) is 18.6 Å². The molecule has 0 unspecified atom stereocenters. The van der Waals surface area contributed by atoms with Gasteiger partial charge in [-0.15, -0.1) is 0 Å². The Kier molecular flexibility index (Phi) is 4.88. The van der Waals surface area contributed by atoms with Crippen LogP contribution in [-0.2, 0) is 14.3 Å². The van der Waals surface area contributed by atoms with Crippen LogP contribution in [0.5, 0.6) is 0 Å². The number of rotatable bonds is 4. The second-order valence-electron chi connectivity index (χ2n) is 5.16. The summed E-state index contributed by atoms with van der Waals surface area (Å²) in [6.07, 6.45) is 2.31. The van der Waals surface area contributed by atoms with E-state index < -0.39 is 0 Å². The molecule has 108 valence electrons. The lowest BCUT2D eigenvalue weighted by Crippen LogP contribution is -2.29. The zero-order valence-corrected chi connectivity index (χ0v) is 11.6. The average molecular weight is 278 g/mol. The third-order valence-electron chi connectivity index (χ3n) is 3.76. The molecule has 0 spiro atoms. The van der Waals surface area contributed by atoms with Gasteiger partial charge in [0.15, 0.2) is 0 Å². The fourth-order valence-electron chi connectivity index (χ4n) is 2.94. The number of carbonyl (C=O) groups is 2. The van der Waals surface area contributed by atoms with Crippen LogP contribution < -0.4 is 0 Å². The molecule has 1 aromatic carbocycles. The van der Waals surface area contributed by atoms with Crippen molar-refractivity contribution in [2.24, 2.45) is 5.92 Å². The summed E-state index contributed by atoms with van der Waals surface area (Å²) in [7, 11) is 0. The van der Waals surface area contributed by atoms with Gasteiger partial charge in [-0.1, -0.05) is 12.1 Å². The van der Waals surface area contributed by atoms with Crippen molar-refractivity contribution in [2.45, 2.75) is 38.5 Å². The van der Waals surface area contributed by atoms with Gasteiger partial charge in [-0.3, -0.25) is 9.59 Å². The second kappa shape index (κ2) is 6.64. The molecule has 2 rings (SSSR count). The minimum atomic E-state index is -0.385. The van der Waals surface area contributed by atoms with Gasteiger partial charge in [-0.05, 0) is 43.4 Å². The van der Waals surface area contributed by atoms with Crippen LogP contribution in [-0.4, -0.2) is 18.4 Å². The largest absolute Gasteiger partial charge is 0.466 e. The Bertz CT molecular complexity index is 498. The van der Waals surface area contributed by atoms with E-state index >= 15 is 0 Å². The second-order valence-corrected chi connectivity index (χ2v) is 5.16. The summed E-state index contributed by atoms with van der Waals surface area (Å²) in [6.45, 7) is 2.10. The minimum Gasteiger partial charge on any atom is -0.466 e. The lowest BCUT2D eigenvalue weighted by molar-refractivity contribution is -0.144. The van der Waals surface area contributed by atoms with Crippen LogP contribution >= 0.6 is 0 Å². The van der Waals surface area contributed by atoms with Gasteiger partial charge in [0.2, 0.25) is 0 Å². The summed E-state index contributed by atoms with van der Waals surface area (Å²) < 4.78 is 18.3. The van der Waals surface area contributed by atoms with E-state index in [2.05, 4.69) is 0 Å². The lowest BCUT2D eigenvalue weighted by atomic mass is 9.73. The first-order chi connectivity index (χ1) is 9.61. The molecule has 1 aliphatic carbocycles. The van der Waals surface area contributed by atoms with Crippen LogP contribution in [0.25, 0.3) is 0 Å². The molecule has 0 bridgehead atoms. The topological polar surface area (TPSA) is 43.4 Å². The maximum absolute atomic E-state index is 13.4. The van der Waals surface area contributed by atoms with Crippen LogP contribution in [0.1, 0.15) is 44.1 Å². The molecule has 4 heteroatoms. The quantitative estimate of drug-likeness (QED) is 0.794. The molecule has 0 amide bonds. The molecular formula is C16H19FO3. The van der Waals surface area contributed by atoms with E-state index in [4.69, 9.17) is 4.74 Å². The SMILES string of the molecule is CCOC(=O)C[C@H]1CCCC(=O)[C@@H]1c1cccc(F)c1. The van der Waals surface area contributed by atoms with Gasteiger partial charge in [0, 0.05) is 18.8 Å². The predicted molar refractivity (Wildman–Crippen MR) is 72.7 cm³/mol. The number of carbonyl (C=O) groups excluding carboxylic acids is 2. The van der Waals surface area contributed by atoms with Crippen molar-refractivity contribution < 1.29 is 18.7 Å². The molecule has 0 saturated heterocycles. The molecule has 1 fully saturated rings. The normalized spacial score (nSPS) is 22.6. The fraction of sp³-hybridized carbons (Fsp3) is 0.500. The first kappa shape index (κ1) is 14.7. The Morgan fingerprint density at radius 2 is 2.25 bits per heavy atom. The molecule has 20 heavy (non-hydrogen) atoms. The highest BCUT2D eigenvalue weighted by molar-refractivity contribution is 5.87. The van der Waals surface area contributed by atoms with E-state index in [1.807, 2.05) is 0 Å². The average Bonchev–Trinajstić information content (AvgIpc) is 2.39. The van der Waals surface area contributed by atoms with E-state index in [0.717, 1.165) is 12.8 Å². The van der Waals surface area contributed by atoms with Crippen LogP contribution in [0, 0.1) is 11.7 Å². The number of halogens is 1. The molecule has 0 aromatic heterocycles. The highest BCUT2D eigenvalue weighted by atomic mass is 19.1. The molecule has 0 aliphatic heterocycles. The molecule has 1 aromatic rings. The number of esters is 1. The molecule has 1 aliphatic rings. The summed E-state index contributed by atoms with van der Waals surface area (Å²) in [4.78, 5) is 23.8. The first-order valence-corrected chi connectivity index (χ1v) is 7.05. The standard InChI is InChI=1S/C16H19FO3/c1-2-20-15(19)10-12-6-4-8-14(18)16(12)11-5-3-7-13(17)9-11/h3,5,7,9,12,16H,2,4,6,8,10H2,1H3/t12-,16-/m1/s1. The summed E-state index contributed by atoms with van der Waals surface area (Å²) in [5, 5.41) is 0. The lowest BCUT2D eigenvalue weighted by Gasteiger charge is -2.30. The summed E-state index contributed by atoms with van der Waals surface area (Å²) in [6, 6.07) is 6.12. The maximum atomic E-state index is 13.4. The molecule has 0 N–H and O–H groups in total. The monoisotopic (exact) mass is 278 g/mol. The Hall–Kier alpha value is -1.71. The van der Waals surface area contributed by atoms with Crippen molar-refractivity contribution in [1.29, 1.82) is 0 Å². The van der Waals surface area contributed by atoms with Gasteiger partial charge in [-0.25, -0.2) is 4.39 Å². The van der Waals surface area contributed by atoms with Crippen LogP contribution in [0.2, 0.25) is 0 Å². The van der Waals surface area contributed by atoms with E-state index in [9.17, 15) is 14.0 Å². The van der Waals surface area contributed by atoms with Crippen molar-refractivity contribution in [3.8, 4) is 0 Å². The van der Waals surface area contributed by atoms with E-state index in [1.165, 1.54) is 12.1 Å². The fourth-order valence-corrected chi connectivity index (χ4v) is 2.94. The maximum Gasteiger partial charge on any atom is 0.306 e. The van der Waals surface area contributed by atoms with Crippen LogP contribution in [0.4, 0.5) is 4.39 Å². The zero-order chi connectivity index (χ0) is 14.5. The van der Waals surface area contributed by atoms with Crippen molar-refractivity contribution >= 4 is 11.8 Å². The van der Waals surface area contributed by atoms with E-state index in [1.54, 1.807) is 19.1 Å². The van der Waals surface area contributed by atoms with Gasteiger partial charge in [0.25, 0.3) is 0 Å². The molecule has 0 heterocycles.